The van der Waals surface area contributed by atoms with Crippen molar-refractivity contribution in [3.63, 3.8) is 0 Å². The third-order valence-corrected chi connectivity index (χ3v) is 3.32. The van der Waals surface area contributed by atoms with Gasteiger partial charge in [-0.25, -0.2) is 4.98 Å². The Kier molecular flexibility index (Phi) is 4.30. The normalized spacial score (nSPS) is 14.6. The second-order valence-corrected chi connectivity index (χ2v) is 4.95. The van der Waals surface area contributed by atoms with Crippen LogP contribution in [0.3, 0.4) is 0 Å². The van der Waals surface area contributed by atoms with Crippen LogP contribution in [0, 0.1) is 0 Å². The smallest absolute Gasteiger partial charge is 0.253 e. The van der Waals surface area contributed by atoms with Crippen molar-refractivity contribution in [2.75, 3.05) is 19.6 Å². The van der Waals surface area contributed by atoms with Gasteiger partial charge >= 0.3 is 0 Å². The van der Waals surface area contributed by atoms with E-state index in [2.05, 4.69) is 26.2 Å². The van der Waals surface area contributed by atoms with Gasteiger partial charge in [-0.3, -0.25) is 9.59 Å². The maximum absolute atomic E-state index is 11.7. The van der Waals surface area contributed by atoms with Crippen LogP contribution >= 0.6 is 15.9 Å². The third kappa shape index (κ3) is 3.29. The van der Waals surface area contributed by atoms with E-state index in [1.165, 1.54) is 6.20 Å². The highest BCUT2D eigenvalue weighted by molar-refractivity contribution is 9.10. The molecular formula is C12H14BrN3O2. The number of aromatic nitrogens is 1. The molecule has 0 bridgehead atoms. The Morgan fingerprint density at radius 3 is 2.67 bits per heavy atom. The van der Waals surface area contributed by atoms with Crippen molar-refractivity contribution in [2.24, 2.45) is 0 Å². The summed E-state index contributed by atoms with van der Waals surface area (Å²) in [4.78, 5) is 29.2. The third-order valence-electron chi connectivity index (χ3n) is 2.85. The van der Waals surface area contributed by atoms with E-state index in [-0.39, 0.29) is 18.4 Å². The zero-order valence-electron chi connectivity index (χ0n) is 9.86. The van der Waals surface area contributed by atoms with Gasteiger partial charge in [0, 0.05) is 19.3 Å². The summed E-state index contributed by atoms with van der Waals surface area (Å²) < 4.78 is 0.673. The van der Waals surface area contributed by atoms with Crippen molar-refractivity contribution < 1.29 is 9.59 Å². The van der Waals surface area contributed by atoms with Crippen molar-refractivity contribution in [1.29, 1.82) is 0 Å². The van der Waals surface area contributed by atoms with Crippen LogP contribution in [0.4, 0.5) is 0 Å². The van der Waals surface area contributed by atoms with Crippen molar-refractivity contribution in [2.45, 2.75) is 12.8 Å². The molecule has 18 heavy (non-hydrogen) atoms. The second kappa shape index (κ2) is 5.95. The predicted octanol–water partition coefficient (Wildman–Crippen LogP) is 1.20. The quantitative estimate of drug-likeness (QED) is 0.853. The van der Waals surface area contributed by atoms with Gasteiger partial charge in [0.1, 0.15) is 4.60 Å². The Morgan fingerprint density at radius 2 is 2.06 bits per heavy atom. The highest BCUT2D eigenvalue weighted by Crippen LogP contribution is 2.08. The van der Waals surface area contributed by atoms with Crippen LogP contribution < -0.4 is 5.32 Å². The number of halogens is 1. The fourth-order valence-electron chi connectivity index (χ4n) is 1.85. The summed E-state index contributed by atoms with van der Waals surface area (Å²) in [6.07, 6.45) is 3.58. The van der Waals surface area contributed by atoms with Gasteiger partial charge in [-0.1, -0.05) is 0 Å². The van der Waals surface area contributed by atoms with Crippen molar-refractivity contribution >= 4 is 27.7 Å². The maximum Gasteiger partial charge on any atom is 0.253 e. The Bertz CT molecular complexity index is 441. The average Bonchev–Trinajstić information content (AvgIpc) is 2.90. The molecule has 0 saturated carbocycles. The second-order valence-electron chi connectivity index (χ2n) is 4.14. The van der Waals surface area contributed by atoms with Crippen LogP contribution in [-0.2, 0) is 4.79 Å². The first-order chi connectivity index (χ1) is 8.66. The lowest BCUT2D eigenvalue weighted by Gasteiger charge is -2.15. The van der Waals surface area contributed by atoms with E-state index in [4.69, 9.17) is 0 Å². The number of hydrogen-bond donors (Lipinski definition) is 1. The van der Waals surface area contributed by atoms with E-state index in [0.29, 0.717) is 10.2 Å². The van der Waals surface area contributed by atoms with E-state index in [0.717, 1.165) is 25.9 Å². The topological polar surface area (TPSA) is 62.3 Å². The zero-order chi connectivity index (χ0) is 13.0. The number of nitrogens with zero attached hydrogens (tertiary/aromatic N) is 2. The molecule has 96 valence electrons. The van der Waals surface area contributed by atoms with Gasteiger partial charge in [0.2, 0.25) is 5.91 Å². The van der Waals surface area contributed by atoms with Gasteiger partial charge < -0.3 is 10.2 Å². The molecule has 0 unspecified atom stereocenters. The minimum atomic E-state index is -0.275. The van der Waals surface area contributed by atoms with Crippen LogP contribution in [0.1, 0.15) is 23.2 Å². The molecule has 1 N–H and O–H groups in total. The van der Waals surface area contributed by atoms with Crippen LogP contribution in [0.15, 0.2) is 22.9 Å². The molecule has 5 nitrogen and oxygen atoms in total. The summed E-state index contributed by atoms with van der Waals surface area (Å²) in [7, 11) is 0. The standard InChI is InChI=1S/C12H14BrN3O2/c13-10-4-3-9(7-14-10)12(18)15-8-11(17)16-5-1-2-6-16/h3-4,7H,1-2,5-6,8H2,(H,15,18). The van der Waals surface area contributed by atoms with Gasteiger partial charge in [0.15, 0.2) is 0 Å². The largest absolute Gasteiger partial charge is 0.343 e. The summed E-state index contributed by atoms with van der Waals surface area (Å²) in [6, 6.07) is 3.35. The lowest BCUT2D eigenvalue weighted by molar-refractivity contribution is -0.129. The molecule has 1 aromatic rings. The maximum atomic E-state index is 11.7. The van der Waals surface area contributed by atoms with Gasteiger partial charge in [-0.2, -0.15) is 0 Å². The van der Waals surface area contributed by atoms with E-state index in [1.807, 2.05) is 0 Å². The molecule has 0 spiro atoms. The molecule has 1 aromatic heterocycles. The summed E-state index contributed by atoms with van der Waals surface area (Å²) in [5, 5.41) is 2.61. The minimum absolute atomic E-state index is 0.0223. The van der Waals surface area contributed by atoms with Gasteiger partial charge in [-0.05, 0) is 40.9 Å². The molecule has 1 aliphatic heterocycles. The highest BCUT2D eigenvalue weighted by Gasteiger charge is 2.18. The van der Waals surface area contributed by atoms with Crippen molar-refractivity contribution in [3.8, 4) is 0 Å². The lowest BCUT2D eigenvalue weighted by atomic mass is 10.3. The zero-order valence-corrected chi connectivity index (χ0v) is 11.4. The molecule has 2 amide bonds. The van der Waals surface area contributed by atoms with Crippen LogP contribution in [0.5, 0.6) is 0 Å². The van der Waals surface area contributed by atoms with E-state index >= 15 is 0 Å². The van der Waals surface area contributed by atoms with Crippen LogP contribution in [0.2, 0.25) is 0 Å². The molecule has 1 saturated heterocycles. The Labute approximate surface area is 114 Å². The first-order valence-electron chi connectivity index (χ1n) is 5.84. The van der Waals surface area contributed by atoms with Crippen molar-refractivity contribution in [3.05, 3.63) is 28.5 Å². The number of likely N-dealkylation sites (tertiary alicyclic amines) is 1. The fraction of sp³-hybridized carbons (Fsp3) is 0.417. The monoisotopic (exact) mass is 311 g/mol. The fourth-order valence-corrected chi connectivity index (χ4v) is 2.08. The first-order valence-corrected chi connectivity index (χ1v) is 6.63. The number of carbonyl (C=O) groups is 2. The van der Waals surface area contributed by atoms with Crippen LogP contribution in [0.25, 0.3) is 0 Å². The number of carbonyl (C=O) groups excluding carboxylic acids is 2. The Balaban J connectivity index is 1.84. The molecular weight excluding hydrogens is 298 g/mol. The van der Waals surface area contributed by atoms with Gasteiger partial charge in [0.05, 0.1) is 12.1 Å². The average molecular weight is 312 g/mol. The number of pyridine rings is 1. The predicted molar refractivity (Wildman–Crippen MR) is 70.1 cm³/mol. The number of rotatable bonds is 3. The molecule has 0 aromatic carbocycles. The summed E-state index contributed by atoms with van der Waals surface area (Å²) in [6.45, 7) is 1.65. The number of hydrogen-bond acceptors (Lipinski definition) is 3. The molecule has 2 heterocycles. The Morgan fingerprint density at radius 1 is 1.33 bits per heavy atom. The summed E-state index contributed by atoms with van der Waals surface area (Å²) >= 11 is 3.20. The summed E-state index contributed by atoms with van der Waals surface area (Å²) in [5.74, 6) is -0.298. The summed E-state index contributed by atoms with van der Waals surface area (Å²) in [5.41, 5.74) is 0.451. The minimum Gasteiger partial charge on any atom is -0.343 e. The number of nitrogens with one attached hydrogen (secondary N) is 1. The molecule has 6 heteroatoms. The molecule has 2 rings (SSSR count). The van der Waals surface area contributed by atoms with E-state index < -0.39 is 0 Å². The molecule has 1 fully saturated rings. The number of amides is 2. The molecule has 0 radical (unpaired) electrons. The van der Waals surface area contributed by atoms with Crippen molar-refractivity contribution in [1.82, 2.24) is 15.2 Å². The SMILES string of the molecule is O=C(NCC(=O)N1CCCC1)c1ccc(Br)nc1. The van der Waals surface area contributed by atoms with E-state index in [1.54, 1.807) is 17.0 Å². The van der Waals surface area contributed by atoms with Gasteiger partial charge in [-0.15, -0.1) is 0 Å². The molecule has 1 aliphatic rings. The van der Waals surface area contributed by atoms with E-state index in [9.17, 15) is 9.59 Å². The van der Waals surface area contributed by atoms with Crippen LogP contribution in [-0.4, -0.2) is 41.3 Å². The molecule has 0 atom stereocenters. The molecule has 0 aliphatic carbocycles. The highest BCUT2D eigenvalue weighted by atomic mass is 79.9. The first kappa shape index (κ1) is 13.0. The lowest BCUT2D eigenvalue weighted by Crippen LogP contribution is -2.38. The Hall–Kier alpha value is -1.43. The van der Waals surface area contributed by atoms with Gasteiger partial charge in [0.25, 0.3) is 5.91 Å².